The third-order valence-electron chi connectivity index (χ3n) is 6.95. The molecule has 0 aromatic heterocycles. The summed E-state index contributed by atoms with van der Waals surface area (Å²) in [4.78, 5) is 54.7. The van der Waals surface area contributed by atoms with Crippen LogP contribution in [0.3, 0.4) is 0 Å². The SMILES string of the molecule is CC1(c2cccc3ccccc23)NC(=O)N(CC(=O)N2CCN(c3ccccc3[N+](=O)[O-])CC2)C1=O. The molecule has 2 aliphatic heterocycles. The highest BCUT2D eigenvalue weighted by Crippen LogP contribution is 2.34. The number of rotatable bonds is 5. The van der Waals surface area contributed by atoms with Gasteiger partial charge in [-0.15, -0.1) is 0 Å². The van der Waals surface area contributed by atoms with Gasteiger partial charge in [-0.3, -0.25) is 24.6 Å². The Balaban J connectivity index is 1.28. The molecule has 2 heterocycles. The van der Waals surface area contributed by atoms with Crippen LogP contribution in [0.2, 0.25) is 0 Å². The van der Waals surface area contributed by atoms with Crippen molar-refractivity contribution in [3.05, 3.63) is 82.4 Å². The molecule has 2 aliphatic rings. The number of anilines is 1. The Kier molecular flexibility index (Phi) is 5.79. The number of carbonyl (C=O) groups excluding carboxylic acids is 3. The lowest BCUT2D eigenvalue weighted by atomic mass is 9.88. The number of nitro groups is 1. The van der Waals surface area contributed by atoms with E-state index in [0.29, 0.717) is 37.4 Å². The van der Waals surface area contributed by atoms with Crippen molar-refractivity contribution in [2.75, 3.05) is 37.6 Å². The molecule has 0 saturated carbocycles. The highest BCUT2D eigenvalue weighted by Gasteiger charge is 2.50. The molecule has 3 aromatic rings. The number of urea groups is 1. The highest BCUT2D eigenvalue weighted by atomic mass is 16.6. The molecule has 2 saturated heterocycles. The van der Waals surface area contributed by atoms with Gasteiger partial charge in [0.05, 0.1) is 4.92 Å². The first-order valence-electron chi connectivity index (χ1n) is 11.7. The Bertz CT molecular complexity index is 1380. The molecule has 0 radical (unpaired) electrons. The summed E-state index contributed by atoms with van der Waals surface area (Å²) < 4.78 is 0. The molecule has 1 N–H and O–H groups in total. The maximum Gasteiger partial charge on any atom is 0.325 e. The zero-order valence-corrected chi connectivity index (χ0v) is 19.7. The van der Waals surface area contributed by atoms with Crippen molar-refractivity contribution < 1.29 is 19.3 Å². The van der Waals surface area contributed by atoms with Gasteiger partial charge >= 0.3 is 6.03 Å². The van der Waals surface area contributed by atoms with Crippen LogP contribution in [-0.4, -0.2) is 65.3 Å². The molecule has 0 bridgehead atoms. The Hall–Kier alpha value is -4.47. The average Bonchev–Trinajstić information content (AvgIpc) is 3.11. The first-order valence-corrected chi connectivity index (χ1v) is 11.7. The van der Waals surface area contributed by atoms with Crippen LogP contribution in [0.4, 0.5) is 16.2 Å². The molecular formula is C26H25N5O5. The number of benzene rings is 3. The summed E-state index contributed by atoms with van der Waals surface area (Å²) in [6.45, 7) is 2.76. The van der Waals surface area contributed by atoms with Gasteiger partial charge in [-0.05, 0) is 29.3 Å². The number of hydrogen-bond acceptors (Lipinski definition) is 6. The van der Waals surface area contributed by atoms with Crippen LogP contribution in [-0.2, 0) is 15.1 Å². The number of nitrogens with one attached hydrogen (secondary N) is 1. The predicted octanol–water partition coefficient (Wildman–Crippen LogP) is 2.86. The lowest BCUT2D eigenvalue weighted by Gasteiger charge is -2.36. The first-order chi connectivity index (χ1) is 17.3. The smallest absolute Gasteiger partial charge is 0.325 e. The van der Waals surface area contributed by atoms with Gasteiger partial charge in [-0.2, -0.15) is 0 Å². The third-order valence-corrected chi connectivity index (χ3v) is 6.95. The molecule has 10 heteroatoms. The van der Waals surface area contributed by atoms with Crippen molar-refractivity contribution in [3.63, 3.8) is 0 Å². The zero-order valence-electron chi connectivity index (χ0n) is 19.7. The van der Waals surface area contributed by atoms with Crippen LogP contribution < -0.4 is 10.2 Å². The van der Waals surface area contributed by atoms with Crippen LogP contribution in [0, 0.1) is 10.1 Å². The van der Waals surface area contributed by atoms with E-state index in [1.165, 1.54) is 6.07 Å². The highest BCUT2D eigenvalue weighted by molar-refractivity contribution is 6.10. The summed E-state index contributed by atoms with van der Waals surface area (Å²) in [6, 6.07) is 19.1. The van der Waals surface area contributed by atoms with Gasteiger partial charge < -0.3 is 15.1 Å². The van der Waals surface area contributed by atoms with E-state index in [-0.39, 0.29) is 18.1 Å². The molecule has 3 aromatic carbocycles. The normalized spacial score (nSPS) is 20.1. The van der Waals surface area contributed by atoms with E-state index in [4.69, 9.17) is 0 Å². The van der Waals surface area contributed by atoms with Crippen LogP contribution in [0.5, 0.6) is 0 Å². The van der Waals surface area contributed by atoms with Gasteiger partial charge in [0.2, 0.25) is 5.91 Å². The number of carbonyl (C=O) groups is 3. The van der Waals surface area contributed by atoms with Crippen LogP contribution in [0.1, 0.15) is 12.5 Å². The number of hydrogen-bond donors (Lipinski definition) is 1. The van der Waals surface area contributed by atoms with Crippen molar-refractivity contribution in [2.24, 2.45) is 0 Å². The van der Waals surface area contributed by atoms with Crippen LogP contribution in [0.15, 0.2) is 66.7 Å². The molecule has 36 heavy (non-hydrogen) atoms. The topological polar surface area (TPSA) is 116 Å². The van der Waals surface area contributed by atoms with Gasteiger partial charge in [0.1, 0.15) is 17.8 Å². The number of amides is 4. The van der Waals surface area contributed by atoms with Gasteiger partial charge in [-0.25, -0.2) is 4.79 Å². The molecule has 4 amide bonds. The lowest BCUT2D eigenvalue weighted by Crippen LogP contribution is -2.52. The van der Waals surface area contributed by atoms with Crippen molar-refractivity contribution in [1.29, 1.82) is 0 Å². The largest absolute Gasteiger partial charge is 0.362 e. The number of nitrogens with zero attached hydrogens (tertiary/aromatic N) is 4. The fraction of sp³-hybridized carbons (Fsp3) is 0.269. The lowest BCUT2D eigenvalue weighted by molar-refractivity contribution is -0.384. The van der Waals surface area contributed by atoms with Gasteiger partial charge in [0.15, 0.2) is 0 Å². The number of fused-ring (bicyclic) bond motifs is 1. The fourth-order valence-corrected chi connectivity index (χ4v) is 5.00. The summed E-state index contributed by atoms with van der Waals surface area (Å²) in [7, 11) is 0. The van der Waals surface area contributed by atoms with Crippen molar-refractivity contribution >= 4 is 40.0 Å². The van der Waals surface area contributed by atoms with E-state index in [1.807, 2.05) is 47.4 Å². The quantitative estimate of drug-likeness (QED) is 0.336. The Morgan fingerprint density at radius 3 is 2.39 bits per heavy atom. The number of nitro benzene ring substituents is 1. The van der Waals surface area contributed by atoms with Gasteiger partial charge in [-0.1, -0.05) is 54.6 Å². The maximum absolute atomic E-state index is 13.4. The summed E-state index contributed by atoms with van der Waals surface area (Å²) in [5.41, 5.74) is -0.0887. The van der Waals surface area contributed by atoms with E-state index in [2.05, 4.69) is 5.32 Å². The Labute approximate surface area is 207 Å². The van der Waals surface area contributed by atoms with E-state index in [9.17, 15) is 24.5 Å². The zero-order chi connectivity index (χ0) is 25.4. The molecule has 5 rings (SSSR count). The summed E-state index contributed by atoms with van der Waals surface area (Å²) >= 11 is 0. The second-order valence-electron chi connectivity index (χ2n) is 9.09. The third kappa shape index (κ3) is 3.90. The number of imide groups is 1. The van der Waals surface area contributed by atoms with Crippen molar-refractivity contribution in [3.8, 4) is 0 Å². The van der Waals surface area contributed by atoms with E-state index >= 15 is 0 Å². The van der Waals surface area contributed by atoms with E-state index < -0.39 is 22.4 Å². The molecule has 0 spiro atoms. The number of para-hydroxylation sites is 2. The van der Waals surface area contributed by atoms with E-state index in [1.54, 1.807) is 30.0 Å². The molecule has 2 fully saturated rings. The molecule has 184 valence electrons. The number of piperazine rings is 1. The predicted molar refractivity (Wildman–Crippen MR) is 133 cm³/mol. The van der Waals surface area contributed by atoms with E-state index in [0.717, 1.165) is 15.7 Å². The summed E-state index contributed by atoms with van der Waals surface area (Å²) in [5, 5.41) is 16.0. The molecule has 0 aliphatic carbocycles. The van der Waals surface area contributed by atoms with Crippen LogP contribution in [0.25, 0.3) is 10.8 Å². The maximum atomic E-state index is 13.4. The Morgan fingerprint density at radius 1 is 0.972 bits per heavy atom. The summed E-state index contributed by atoms with van der Waals surface area (Å²) in [5.74, 6) is -0.821. The monoisotopic (exact) mass is 487 g/mol. The molecule has 1 unspecified atom stereocenters. The molecule has 10 nitrogen and oxygen atoms in total. The van der Waals surface area contributed by atoms with Crippen molar-refractivity contribution in [1.82, 2.24) is 15.1 Å². The van der Waals surface area contributed by atoms with Gasteiger partial charge in [0, 0.05) is 32.2 Å². The minimum Gasteiger partial charge on any atom is -0.362 e. The Morgan fingerprint density at radius 2 is 1.64 bits per heavy atom. The second-order valence-corrected chi connectivity index (χ2v) is 9.09. The van der Waals surface area contributed by atoms with Crippen LogP contribution >= 0.6 is 0 Å². The fourth-order valence-electron chi connectivity index (χ4n) is 5.00. The molecule has 1 atom stereocenters. The first kappa shape index (κ1) is 23.3. The molecular weight excluding hydrogens is 462 g/mol. The minimum absolute atomic E-state index is 0.0179. The average molecular weight is 488 g/mol. The van der Waals surface area contributed by atoms with Gasteiger partial charge in [0.25, 0.3) is 11.6 Å². The second kappa shape index (κ2) is 8.95. The summed E-state index contributed by atoms with van der Waals surface area (Å²) in [6.07, 6.45) is 0. The standard InChI is InChI=1S/C26H25N5O5/c1-26(20-10-6-8-18-7-2-3-9-19(18)20)24(33)30(25(34)27-26)17-23(32)29-15-13-28(14-16-29)21-11-4-5-12-22(21)31(35)36/h2-12H,13-17H2,1H3,(H,27,34). The van der Waals surface area contributed by atoms with Crippen molar-refractivity contribution in [2.45, 2.75) is 12.5 Å². The minimum atomic E-state index is -1.29.